The standard InChI is InChI=1S/C15H15F3N4O2/c1-4-11(23)21-14(15(16,17)18)12(24)20-13-19-9-5-7(2)8(3)6-10(9)22(13)14/h5-6H,4H2,1-3H3,(H,21,23)(H,19,20,24). The van der Waals surface area contributed by atoms with Gasteiger partial charge in [-0.05, 0) is 37.1 Å². The molecule has 1 unspecified atom stereocenters. The number of imidazole rings is 1. The van der Waals surface area contributed by atoms with E-state index in [0.717, 1.165) is 15.7 Å². The van der Waals surface area contributed by atoms with Crippen molar-refractivity contribution < 1.29 is 22.8 Å². The summed E-state index contributed by atoms with van der Waals surface area (Å²) in [5, 5.41) is 3.98. The molecular formula is C15H15F3N4O2. The predicted octanol–water partition coefficient (Wildman–Crippen LogP) is 2.35. The average molecular weight is 340 g/mol. The van der Waals surface area contributed by atoms with Crippen molar-refractivity contribution in [2.75, 3.05) is 5.32 Å². The van der Waals surface area contributed by atoms with Crippen LogP contribution in [0.4, 0.5) is 19.1 Å². The van der Waals surface area contributed by atoms with Gasteiger partial charge in [0.15, 0.2) is 0 Å². The highest BCUT2D eigenvalue weighted by molar-refractivity contribution is 6.05. The third-order valence-electron chi connectivity index (χ3n) is 4.21. The van der Waals surface area contributed by atoms with Gasteiger partial charge in [-0.2, -0.15) is 13.2 Å². The lowest BCUT2D eigenvalue weighted by Gasteiger charge is -2.31. The molecule has 0 saturated heterocycles. The molecule has 0 fully saturated rings. The number of nitrogens with zero attached hydrogens (tertiary/aromatic N) is 2. The summed E-state index contributed by atoms with van der Waals surface area (Å²) in [5.74, 6) is -2.51. The number of fused-ring (bicyclic) bond motifs is 3. The first-order chi connectivity index (χ1) is 11.1. The second-order valence-electron chi connectivity index (χ2n) is 5.76. The topological polar surface area (TPSA) is 76.0 Å². The number of alkyl halides is 3. The van der Waals surface area contributed by atoms with E-state index in [1.54, 1.807) is 13.0 Å². The van der Waals surface area contributed by atoms with E-state index < -0.39 is 23.7 Å². The fourth-order valence-corrected chi connectivity index (χ4v) is 2.78. The summed E-state index contributed by atoms with van der Waals surface area (Å²) in [6.45, 7) is 4.97. The van der Waals surface area contributed by atoms with Gasteiger partial charge in [0, 0.05) is 6.42 Å². The van der Waals surface area contributed by atoms with Crippen LogP contribution in [0.2, 0.25) is 0 Å². The molecular weight excluding hydrogens is 325 g/mol. The van der Waals surface area contributed by atoms with Crippen molar-refractivity contribution in [2.24, 2.45) is 0 Å². The summed E-state index contributed by atoms with van der Waals surface area (Å²) >= 11 is 0. The molecule has 9 heteroatoms. The predicted molar refractivity (Wildman–Crippen MR) is 80.3 cm³/mol. The number of carbonyl (C=O) groups excluding carboxylic acids is 2. The Morgan fingerprint density at radius 3 is 2.54 bits per heavy atom. The lowest BCUT2D eigenvalue weighted by molar-refractivity contribution is -0.217. The van der Waals surface area contributed by atoms with E-state index in [-0.39, 0.29) is 17.9 Å². The van der Waals surface area contributed by atoms with E-state index in [9.17, 15) is 22.8 Å². The Hall–Kier alpha value is -2.58. The highest BCUT2D eigenvalue weighted by Gasteiger charge is 2.67. The largest absolute Gasteiger partial charge is 0.440 e. The van der Waals surface area contributed by atoms with Gasteiger partial charge in [0.2, 0.25) is 11.9 Å². The van der Waals surface area contributed by atoms with Crippen molar-refractivity contribution in [3.05, 3.63) is 23.3 Å². The lowest BCUT2D eigenvalue weighted by atomic mass is 10.1. The Labute approximate surface area is 135 Å². The molecule has 0 saturated carbocycles. The fourth-order valence-electron chi connectivity index (χ4n) is 2.78. The van der Waals surface area contributed by atoms with Crippen LogP contribution in [-0.2, 0) is 15.3 Å². The van der Waals surface area contributed by atoms with Crippen LogP contribution in [0.5, 0.6) is 0 Å². The van der Waals surface area contributed by atoms with Gasteiger partial charge in [-0.25, -0.2) is 4.98 Å². The molecule has 2 N–H and O–H groups in total. The van der Waals surface area contributed by atoms with Crippen molar-refractivity contribution in [2.45, 2.75) is 39.0 Å². The maximum atomic E-state index is 13.9. The quantitative estimate of drug-likeness (QED) is 0.881. The molecule has 6 nitrogen and oxygen atoms in total. The first kappa shape index (κ1) is 16.3. The molecule has 1 aliphatic rings. The fraction of sp³-hybridized carbons (Fsp3) is 0.400. The van der Waals surface area contributed by atoms with Gasteiger partial charge in [0.05, 0.1) is 11.0 Å². The number of rotatable bonds is 2. The number of aromatic nitrogens is 2. The van der Waals surface area contributed by atoms with Crippen LogP contribution < -0.4 is 10.6 Å². The second-order valence-corrected chi connectivity index (χ2v) is 5.76. The molecule has 0 spiro atoms. The van der Waals surface area contributed by atoms with Gasteiger partial charge in [0.25, 0.3) is 11.6 Å². The highest BCUT2D eigenvalue weighted by Crippen LogP contribution is 2.44. The summed E-state index contributed by atoms with van der Waals surface area (Å²) in [5.41, 5.74) is -1.15. The Balaban J connectivity index is 2.35. The van der Waals surface area contributed by atoms with Gasteiger partial charge in [0.1, 0.15) is 0 Å². The maximum absolute atomic E-state index is 13.9. The SMILES string of the molecule is CCC(=O)NC1(C(F)(F)F)C(=O)Nc2nc3cc(C)c(C)cc3n21. The third-order valence-corrected chi connectivity index (χ3v) is 4.21. The number of aryl methyl sites for hydroxylation is 2. The Kier molecular flexibility index (Phi) is 3.36. The zero-order chi connectivity index (χ0) is 17.9. The van der Waals surface area contributed by atoms with Crippen molar-refractivity contribution in [3.8, 4) is 0 Å². The Morgan fingerprint density at radius 2 is 1.96 bits per heavy atom. The van der Waals surface area contributed by atoms with Crippen LogP contribution in [0.15, 0.2) is 12.1 Å². The number of amides is 2. The average Bonchev–Trinajstić information content (AvgIpc) is 2.94. The second kappa shape index (κ2) is 4.96. The summed E-state index contributed by atoms with van der Waals surface area (Å²) in [6, 6.07) is 3.17. The number of halogens is 3. The smallest absolute Gasteiger partial charge is 0.317 e. The van der Waals surface area contributed by atoms with Crippen LogP contribution in [0.3, 0.4) is 0 Å². The van der Waals surface area contributed by atoms with E-state index in [1.165, 1.54) is 13.0 Å². The molecule has 3 rings (SSSR count). The monoisotopic (exact) mass is 340 g/mol. The molecule has 2 aromatic rings. The van der Waals surface area contributed by atoms with Gasteiger partial charge < -0.3 is 5.32 Å². The molecule has 0 aliphatic carbocycles. The van der Waals surface area contributed by atoms with Crippen molar-refractivity contribution in [1.29, 1.82) is 0 Å². The minimum absolute atomic E-state index is 0.125. The molecule has 1 aliphatic heterocycles. The van der Waals surface area contributed by atoms with E-state index in [0.29, 0.717) is 5.52 Å². The molecule has 2 heterocycles. The minimum atomic E-state index is -5.04. The summed E-state index contributed by atoms with van der Waals surface area (Å²) in [4.78, 5) is 28.0. The maximum Gasteiger partial charge on any atom is 0.440 e. The molecule has 1 aromatic carbocycles. The molecule has 128 valence electrons. The molecule has 0 bridgehead atoms. The number of nitrogens with one attached hydrogen (secondary N) is 2. The van der Waals surface area contributed by atoms with Crippen molar-refractivity contribution in [3.63, 3.8) is 0 Å². The number of benzene rings is 1. The normalized spacial score (nSPS) is 20.2. The van der Waals surface area contributed by atoms with Gasteiger partial charge in [-0.3, -0.25) is 19.5 Å². The third kappa shape index (κ3) is 2.00. The first-order valence-electron chi connectivity index (χ1n) is 7.31. The van der Waals surface area contributed by atoms with Crippen LogP contribution in [0.25, 0.3) is 11.0 Å². The zero-order valence-electron chi connectivity index (χ0n) is 13.2. The van der Waals surface area contributed by atoms with E-state index in [4.69, 9.17) is 0 Å². The molecule has 2 amide bonds. The molecule has 24 heavy (non-hydrogen) atoms. The van der Waals surface area contributed by atoms with Crippen LogP contribution in [0, 0.1) is 13.8 Å². The first-order valence-corrected chi connectivity index (χ1v) is 7.31. The van der Waals surface area contributed by atoms with Crippen LogP contribution in [0.1, 0.15) is 24.5 Å². The number of carbonyl (C=O) groups is 2. The number of hydrogen-bond donors (Lipinski definition) is 2. The Bertz CT molecular complexity index is 872. The van der Waals surface area contributed by atoms with E-state index in [2.05, 4.69) is 10.3 Å². The van der Waals surface area contributed by atoms with Crippen molar-refractivity contribution in [1.82, 2.24) is 14.9 Å². The minimum Gasteiger partial charge on any atom is -0.317 e. The van der Waals surface area contributed by atoms with Crippen LogP contribution in [-0.4, -0.2) is 27.5 Å². The molecule has 1 atom stereocenters. The highest BCUT2D eigenvalue weighted by atomic mass is 19.4. The number of hydrogen-bond acceptors (Lipinski definition) is 3. The zero-order valence-corrected chi connectivity index (χ0v) is 13.2. The molecule has 1 aromatic heterocycles. The lowest BCUT2D eigenvalue weighted by Crippen LogP contribution is -2.63. The van der Waals surface area contributed by atoms with Crippen molar-refractivity contribution >= 4 is 28.8 Å². The molecule has 0 radical (unpaired) electrons. The Morgan fingerprint density at radius 1 is 1.33 bits per heavy atom. The van der Waals surface area contributed by atoms with Gasteiger partial charge in [-0.1, -0.05) is 6.92 Å². The summed E-state index contributed by atoms with van der Waals surface area (Å²) < 4.78 is 42.4. The van der Waals surface area contributed by atoms with Gasteiger partial charge >= 0.3 is 6.18 Å². The summed E-state index contributed by atoms with van der Waals surface area (Å²) in [7, 11) is 0. The van der Waals surface area contributed by atoms with E-state index in [1.807, 2.05) is 12.2 Å². The van der Waals surface area contributed by atoms with E-state index >= 15 is 0 Å². The van der Waals surface area contributed by atoms with Gasteiger partial charge in [-0.15, -0.1) is 0 Å². The summed E-state index contributed by atoms with van der Waals surface area (Å²) in [6.07, 6.45) is -5.23. The number of anilines is 1. The van der Waals surface area contributed by atoms with Crippen LogP contribution >= 0.6 is 0 Å².